The second-order valence-electron chi connectivity index (χ2n) is 2.12. The molecule has 0 unspecified atom stereocenters. The second-order valence-corrected chi connectivity index (χ2v) is 2.12. The van der Waals surface area contributed by atoms with Gasteiger partial charge in [0.05, 0.1) is 13.2 Å². The Morgan fingerprint density at radius 3 is 1.50 bits per heavy atom. The topological polar surface area (TPSA) is 49.7 Å². The fraction of sp³-hybridized carbons (Fsp3) is 1.00. The summed E-state index contributed by atoms with van der Waals surface area (Å²) in [5.41, 5.74) is 0. The Hall–Kier alpha value is -0.120. The van der Waals surface area contributed by atoms with Crippen molar-refractivity contribution in [2.24, 2.45) is 0 Å². The Morgan fingerprint density at radius 1 is 0.900 bits per heavy atom. The zero-order valence-electron chi connectivity index (χ0n) is 6.25. The normalized spacial score (nSPS) is 17.4. The number of rotatable bonds is 1. The number of hydrogen-bond acceptors (Lipinski definition) is 3. The number of hydrogen-bond donors (Lipinski definition) is 2. The Bertz CT molecular complexity index is 39.3. The Morgan fingerprint density at radius 2 is 1.40 bits per heavy atom. The number of aliphatic hydroxyl groups is 2. The third-order valence-corrected chi connectivity index (χ3v) is 1.18. The summed E-state index contributed by atoms with van der Waals surface area (Å²) in [6.07, 6.45) is 3.93. The van der Waals surface area contributed by atoms with Gasteiger partial charge in [-0.25, -0.2) is 0 Å². The highest BCUT2D eigenvalue weighted by molar-refractivity contribution is 4.45. The van der Waals surface area contributed by atoms with Gasteiger partial charge in [-0.3, -0.25) is 0 Å². The summed E-state index contributed by atoms with van der Waals surface area (Å²) in [5, 5.41) is 15.2. The maximum atomic E-state index is 7.62. The van der Waals surface area contributed by atoms with E-state index in [9.17, 15) is 0 Å². The molecule has 0 radical (unpaired) electrons. The molecule has 3 nitrogen and oxygen atoms in total. The van der Waals surface area contributed by atoms with Crippen molar-refractivity contribution in [1.29, 1.82) is 0 Å². The van der Waals surface area contributed by atoms with Crippen LogP contribution in [-0.4, -0.2) is 36.6 Å². The van der Waals surface area contributed by atoms with E-state index >= 15 is 0 Å². The third-order valence-electron chi connectivity index (χ3n) is 1.18. The van der Waals surface area contributed by atoms with Gasteiger partial charge in [-0.05, 0) is 19.3 Å². The summed E-state index contributed by atoms with van der Waals surface area (Å²) < 4.78 is 5.07. The lowest BCUT2D eigenvalue weighted by molar-refractivity contribution is 0.0968. The predicted molar refractivity (Wildman–Crippen MR) is 38.8 cm³/mol. The van der Waals surface area contributed by atoms with E-state index in [0.717, 1.165) is 13.2 Å². The van der Waals surface area contributed by atoms with Crippen molar-refractivity contribution >= 4 is 0 Å². The first-order valence-corrected chi connectivity index (χ1v) is 3.71. The van der Waals surface area contributed by atoms with E-state index in [4.69, 9.17) is 14.9 Å². The van der Waals surface area contributed by atoms with Gasteiger partial charge in [0.2, 0.25) is 0 Å². The van der Waals surface area contributed by atoms with Crippen LogP contribution in [0.1, 0.15) is 19.3 Å². The third kappa shape index (κ3) is 7.88. The van der Waals surface area contributed by atoms with Gasteiger partial charge in [0.1, 0.15) is 0 Å². The average Bonchev–Trinajstić information content (AvgIpc) is 2.08. The first-order valence-electron chi connectivity index (χ1n) is 3.71. The van der Waals surface area contributed by atoms with Crippen molar-refractivity contribution in [3.05, 3.63) is 0 Å². The molecule has 1 rings (SSSR count). The first-order chi connectivity index (χ1) is 4.91. The quantitative estimate of drug-likeness (QED) is 0.557. The molecule has 0 bridgehead atoms. The predicted octanol–water partition coefficient (Wildman–Crippen LogP) is 0.158. The smallest absolute Gasteiger partial charge is 0.0662 e. The standard InChI is InChI=1S/C5H10O.C2H6O2/c1-2-4-6-5-3-1;3-1-2-4/h1-5H2;3-4H,1-2H2. The lowest BCUT2D eigenvalue weighted by Crippen LogP contribution is -2.03. The largest absolute Gasteiger partial charge is 0.394 e. The fourth-order valence-corrected chi connectivity index (χ4v) is 0.687. The van der Waals surface area contributed by atoms with E-state index in [-0.39, 0.29) is 13.2 Å². The zero-order valence-corrected chi connectivity index (χ0v) is 6.25. The molecular weight excluding hydrogens is 132 g/mol. The Kier molecular flexibility index (Phi) is 8.77. The molecule has 0 aromatic heterocycles. The molecule has 1 heterocycles. The molecule has 1 aliphatic rings. The molecule has 2 N–H and O–H groups in total. The van der Waals surface area contributed by atoms with Crippen molar-refractivity contribution in [3.63, 3.8) is 0 Å². The lowest BCUT2D eigenvalue weighted by atomic mass is 10.2. The van der Waals surface area contributed by atoms with Crippen LogP contribution >= 0.6 is 0 Å². The summed E-state index contributed by atoms with van der Waals surface area (Å²) in [4.78, 5) is 0. The van der Waals surface area contributed by atoms with Crippen molar-refractivity contribution in [2.45, 2.75) is 19.3 Å². The SMILES string of the molecule is C1CCOCC1.OCCO. The van der Waals surface area contributed by atoms with E-state index in [1.807, 2.05) is 0 Å². The summed E-state index contributed by atoms with van der Waals surface area (Å²) in [6, 6.07) is 0. The van der Waals surface area contributed by atoms with Crippen LogP contribution in [-0.2, 0) is 4.74 Å². The van der Waals surface area contributed by atoms with Crippen LogP contribution in [0.25, 0.3) is 0 Å². The van der Waals surface area contributed by atoms with E-state index < -0.39 is 0 Å². The molecule has 0 aromatic rings. The lowest BCUT2D eigenvalue weighted by Gasteiger charge is -2.08. The molecule has 0 saturated carbocycles. The maximum absolute atomic E-state index is 7.62. The van der Waals surface area contributed by atoms with Gasteiger partial charge < -0.3 is 14.9 Å². The molecule has 1 aliphatic heterocycles. The number of ether oxygens (including phenoxy) is 1. The molecule has 0 amide bonds. The van der Waals surface area contributed by atoms with Crippen molar-refractivity contribution in [1.82, 2.24) is 0 Å². The summed E-state index contributed by atoms with van der Waals surface area (Å²) in [7, 11) is 0. The van der Waals surface area contributed by atoms with E-state index in [0.29, 0.717) is 0 Å². The second kappa shape index (κ2) is 8.88. The van der Waals surface area contributed by atoms with Gasteiger partial charge in [-0.15, -0.1) is 0 Å². The molecular formula is C7H16O3. The highest BCUT2D eigenvalue weighted by Gasteiger charge is 1.94. The minimum atomic E-state index is -0.125. The average molecular weight is 148 g/mol. The van der Waals surface area contributed by atoms with Crippen LogP contribution < -0.4 is 0 Å². The van der Waals surface area contributed by atoms with Gasteiger partial charge in [0.25, 0.3) is 0 Å². The van der Waals surface area contributed by atoms with Crippen LogP contribution in [0.5, 0.6) is 0 Å². The molecule has 0 aliphatic carbocycles. The summed E-state index contributed by atoms with van der Waals surface area (Å²) >= 11 is 0. The Labute approximate surface area is 61.6 Å². The van der Waals surface area contributed by atoms with Gasteiger partial charge in [0.15, 0.2) is 0 Å². The highest BCUT2D eigenvalue weighted by Crippen LogP contribution is 2.02. The fourth-order valence-electron chi connectivity index (χ4n) is 0.687. The minimum Gasteiger partial charge on any atom is -0.394 e. The molecule has 0 atom stereocenters. The molecule has 0 spiro atoms. The summed E-state index contributed by atoms with van der Waals surface area (Å²) in [6.45, 7) is 1.75. The molecule has 3 heteroatoms. The Balaban J connectivity index is 0.000000180. The van der Waals surface area contributed by atoms with Crippen LogP contribution in [0.3, 0.4) is 0 Å². The molecule has 62 valence electrons. The zero-order chi connectivity index (χ0) is 7.66. The minimum absolute atomic E-state index is 0.125. The first kappa shape index (κ1) is 9.88. The maximum Gasteiger partial charge on any atom is 0.0662 e. The van der Waals surface area contributed by atoms with Gasteiger partial charge in [-0.1, -0.05) is 0 Å². The molecule has 1 fully saturated rings. The van der Waals surface area contributed by atoms with Crippen molar-refractivity contribution in [2.75, 3.05) is 26.4 Å². The number of aliphatic hydroxyl groups excluding tert-OH is 2. The summed E-state index contributed by atoms with van der Waals surface area (Å²) in [5.74, 6) is 0. The molecule has 10 heavy (non-hydrogen) atoms. The van der Waals surface area contributed by atoms with Crippen LogP contribution in [0, 0.1) is 0 Å². The monoisotopic (exact) mass is 148 g/mol. The van der Waals surface area contributed by atoms with Gasteiger partial charge in [0, 0.05) is 13.2 Å². The van der Waals surface area contributed by atoms with E-state index in [1.54, 1.807) is 0 Å². The van der Waals surface area contributed by atoms with E-state index in [1.165, 1.54) is 19.3 Å². The molecule has 0 aromatic carbocycles. The van der Waals surface area contributed by atoms with Crippen LogP contribution in [0.15, 0.2) is 0 Å². The van der Waals surface area contributed by atoms with Gasteiger partial charge >= 0.3 is 0 Å². The van der Waals surface area contributed by atoms with Gasteiger partial charge in [-0.2, -0.15) is 0 Å². The van der Waals surface area contributed by atoms with Crippen molar-refractivity contribution < 1.29 is 14.9 Å². The highest BCUT2D eigenvalue weighted by atomic mass is 16.5. The van der Waals surface area contributed by atoms with Crippen LogP contribution in [0.2, 0.25) is 0 Å². The molecule has 1 saturated heterocycles. The van der Waals surface area contributed by atoms with Crippen LogP contribution in [0.4, 0.5) is 0 Å². The van der Waals surface area contributed by atoms with Crippen molar-refractivity contribution in [3.8, 4) is 0 Å². The van der Waals surface area contributed by atoms with E-state index in [2.05, 4.69) is 0 Å².